The van der Waals surface area contributed by atoms with Gasteiger partial charge in [-0.05, 0) is 17.7 Å². The molecule has 25 heavy (non-hydrogen) atoms. The topological polar surface area (TPSA) is 93.5 Å². The quantitative estimate of drug-likeness (QED) is 0.717. The highest BCUT2D eigenvalue weighted by Gasteiger charge is 2.18. The van der Waals surface area contributed by atoms with Crippen LogP contribution in [-0.4, -0.2) is 24.6 Å². The van der Waals surface area contributed by atoms with Crippen LogP contribution in [0.5, 0.6) is 5.75 Å². The predicted octanol–water partition coefficient (Wildman–Crippen LogP) is 2.51. The van der Waals surface area contributed by atoms with E-state index in [1.165, 1.54) is 24.3 Å². The van der Waals surface area contributed by atoms with E-state index >= 15 is 0 Å². The summed E-state index contributed by atoms with van der Waals surface area (Å²) in [4.78, 5) is 23.6. The Kier molecular flexibility index (Phi) is 6.27. The molecule has 0 saturated heterocycles. The number of carbonyl (C=O) groups excluding carboxylic acids is 2. The Labute approximate surface area is 143 Å². The van der Waals surface area contributed by atoms with Crippen molar-refractivity contribution in [1.82, 2.24) is 5.32 Å². The van der Waals surface area contributed by atoms with Crippen molar-refractivity contribution in [2.24, 2.45) is 5.73 Å². The van der Waals surface area contributed by atoms with Gasteiger partial charge in [-0.15, -0.1) is 0 Å². The number of hydrogen-bond donors (Lipinski definition) is 3. The summed E-state index contributed by atoms with van der Waals surface area (Å²) in [5.41, 5.74) is 6.39. The van der Waals surface area contributed by atoms with Crippen molar-refractivity contribution in [3.05, 3.63) is 60.2 Å². The maximum atomic E-state index is 12.2. The molecule has 132 valence electrons. The minimum absolute atomic E-state index is 0.0939. The number of benzene rings is 2. The molecule has 0 saturated carbocycles. The van der Waals surface area contributed by atoms with Gasteiger partial charge >= 0.3 is 12.6 Å². The lowest BCUT2D eigenvalue weighted by atomic mass is 10.1. The van der Waals surface area contributed by atoms with Crippen LogP contribution in [0.15, 0.2) is 54.6 Å². The van der Waals surface area contributed by atoms with Gasteiger partial charge in [0.15, 0.2) is 0 Å². The SMILES string of the molecule is NC(=O)[C@H](Cc1ccccc1)NC(=O)Nc1cccc(OC(F)F)c1. The molecule has 6 nitrogen and oxygen atoms in total. The lowest BCUT2D eigenvalue weighted by Crippen LogP contribution is -2.47. The summed E-state index contributed by atoms with van der Waals surface area (Å²) in [6.07, 6.45) is 0.234. The number of nitrogens with one attached hydrogen (secondary N) is 2. The van der Waals surface area contributed by atoms with E-state index in [0.29, 0.717) is 0 Å². The van der Waals surface area contributed by atoms with Crippen LogP contribution in [0.3, 0.4) is 0 Å². The van der Waals surface area contributed by atoms with Crippen molar-refractivity contribution in [3.8, 4) is 5.75 Å². The highest BCUT2D eigenvalue weighted by Crippen LogP contribution is 2.19. The number of primary amides is 1. The number of hydrogen-bond acceptors (Lipinski definition) is 3. The normalized spacial score (nSPS) is 11.6. The molecule has 0 heterocycles. The number of urea groups is 1. The van der Waals surface area contributed by atoms with E-state index in [0.717, 1.165) is 5.56 Å². The van der Waals surface area contributed by atoms with Crippen LogP contribution in [0.2, 0.25) is 0 Å². The highest BCUT2D eigenvalue weighted by atomic mass is 19.3. The third-order valence-electron chi connectivity index (χ3n) is 3.25. The van der Waals surface area contributed by atoms with Crippen molar-refractivity contribution in [3.63, 3.8) is 0 Å². The summed E-state index contributed by atoms with van der Waals surface area (Å²) in [5, 5.41) is 4.90. The fraction of sp³-hybridized carbons (Fsp3) is 0.176. The van der Waals surface area contributed by atoms with E-state index in [9.17, 15) is 18.4 Å². The zero-order chi connectivity index (χ0) is 18.2. The summed E-state index contributed by atoms with van der Waals surface area (Å²) < 4.78 is 28.7. The summed E-state index contributed by atoms with van der Waals surface area (Å²) in [6, 6.07) is 13.0. The molecule has 2 aromatic rings. The molecule has 0 aliphatic rings. The van der Waals surface area contributed by atoms with Crippen LogP contribution in [0, 0.1) is 0 Å². The summed E-state index contributed by atoms with van der Waals surface area (Å²) in [7, 11) is 0. The molecular weight excluding hydrogens is 332 g/mol. The zero-order valence-corrected chi connectivity index (χ0v) is 13.1. The van der Waals surface area contributed by atoms with Crippen LogP contribution in [0.1, 0.15) is 5.56 Å². The maximum absolute atomic E-state index is 12.2. The molecule has 3 amide bonds. The minimum Gasteiger partial charge on any atom is -0.435 e. The van der Waals surface area contributed by atoms with Gasteiger partial charge in [0, 0.05) is 18.2 Å². The van der Waals surface area contributed by atoms with Crippen molar-refractivity contribution >= 4 is 17.6 Å². The standard InChI is InChI=1S/C17H17F2N3O3/c18-16(19)25-13-8-4-7-12(10-13)21-17(24)22-14(15(20)23)9-11-5-2-1-3-6-11/h1-8,10,14,16H,9H2,(H2,20,23)(H2,21,22,24)/t14-/m0/s1. The lowest BCUT2D eigenvalue weighted by molar-refractivity contribution is -0.119. The largest absolute Gasteiger partial charge is 0.435 e. The summed E-state index contributed by atoms with van der Waals surface area (Å²) in [6.45, 7) is -2.96. The molecule has 0 radical (unpaired) electrons. The second-order valence-corrected chi connectivity index (χ2v) is 5.15. The maximum Gasteiger partial charge on any atom is 0.387 e. The van der Waals surface area contributed by atoms with Crippen molar-refractivity contribution in [2.45, 2.75) is 19.1 Å². The fourth-order valence-electron chi connectivity index (χ4n) is 2.15. The summed E-state index contributed by atoms with van der Waals surface area (Å²) >= 11 is 0. The third-order valence-corrected chi connectivity index (χ3v) is 3.25. The molecule has 1 atom stereocenters. The van der Waals surface area contributed by atoms with Crippen LogP contribution >= 0.6 is 0 Å². The second-order valence-electron chi connectivity index (χ2n) is 5.15. The number of carbonyl (C=O) groups is 2. The molecule has 8 heteroatoms. The Balaban J connectivity index is 1.98. The molecule has 0 spiro atoms. The van der Waals surface area contributed by atoms with Crippen LogP contribution < -0.4 is 21.1 Å². The Hall–Kier alpha value is -3.16. The molecule has 2 aromatic carbocycles. The third kappa shape index (κ3) is 6.09. The van der Waals surface area contributed by atoms with Crippen molar-refractivity contribution < 1.29 is 23.1 Å². The van der Waals surface area contributed by atoms with Gasteiger partial charge in [-0.25, -0.2) is 4.79 Å². The number of ether oxygens (including phenoxy) is 1. The first-order valence-electron chi connectivity index (χ1n) is 7.39. The Morgan fingerprint density at radius 1 is 1.08 bits per heavy atom. The van der Waals surface area contributed by atoms with Crippen LogP contribution in [0.4, 0.5) is 19.3 Å². The van der Waals surface area contributed by atoms with Gasteiger partial charge in [-0.1, -0.05) is 36.4 Å². The Morgan fingerprint density at radius 2 is 1.80 bits per heavy atom. The average Bonchev–Trinajstić information content (AvgIpc) is 2.54. The zero-order valence-electron chi connectivity index (χ0n) is 13.1. The molecule has 0 aliphatic carbocycles. The smallest absolute Gasteiger partial charge is 0.387 e. The molecule has 0 bridgehead atoms. The molecule has 2 rings (SSSR count). The highest BCUT2D eigenvalue weighted by molar-refractivity contribution is 5.93. The van der Waals surface area contributed by atoms with Gasteiger partial charge in [-0.3, -0.25) is 4.79 Å². The van der Waals surface area contributed by atoms with E-state index in [4.69, 9.17) is 5.73 Å². The van der Waals surface area contributed by atoms with Gasteiger partial charge in [0.1, 0.15) is 11.8 Å². The molecule has 0 aliphatic heterocycles. The van der Waals surface area contributed by atoms with Gasteiger partial charge < -0.3 is 21.1 Å². The molecular formula is C17H17F2N3O3. The number of anilines is 1. The number of alkyl halides is 2. The number of nitrogens with two attached hydrogens (primary N) is 1. The first-order valence-corrected chi connectivity index (χ1v) is 7.39. The van der Waals surface area contributed by atoms with E-state index in [-0.39, 0.29) is 17.9 Å². The molecule has 0 unspecified atom stereocenters. The number of amides is 3. The molecule has 0 fully saturated rings. The van der Waals surface area contributed by atoms with Gasteiger partial charge in [0.05, 0.1) is 0 Å². The van der Waals surface area contributed by atoms with Crippen LogP contribution in [-0.2, 0) is 11.2 Å². The molecule has 0 aromatic heterocycles. The first-order chi connectivity index (χ1) is 11.9. The van der Waals surface area contributed by atoms with E-state index < -0.39 is 24.6 Å². The lowest BCUT2D eigenvalue weighted by Gasteiger charge is -2.16. The van der Waals surface area contributed by atoms with Gasteiger partial charge in [0.2, 0.25) is 5.91 Å². The van der Waals surface area contributed by atoms with E-state index in [2.05, 4.69) is 15.4 Å². The number of rotatable bonds is 7. The average molecular weight is 349 g/mol. The van der Waals surface area contributed by atoms with Crippen LogP contribution in [0.25, 0.3) is 0 Å². The first kappa shape index (κ1) is 18.2. The van der Waals surface area contributed by atoms with E-state index in [1.807, 2.05) is 18.2 Å². The number of halogens is 2. The Morgan fingerprint density at radius 3 is 2.44 bits per heavy atom. The summed E-state index contributed by atoms with van der Waals surface area (Å²) in [5.74, 6) is -0.780. The minimum atomic E-state index is -2.96. The second kappa shape index (κ2) is 8.62. The van der Waals surface area contributed by atoms with Crippen molar-refractivity contribution in [2.75, 3.05) is 5.32 Å². The fourth-order valence-corrected chi connectivity index (χ4v) is 2.15. The van der Waals surface area contributed by atoms with Gasteiger partial charge in [0.25, 0.3) is 0 Å². The van der Waals surface area contributed by atoms with E-state index in [1.54, 1.807) is 12.1 Å². The Bertz CT molecular complexity index is 726. The monoisotopic (exact) mass is 349 g/mol. The predicted molar refractivity (Wildman–Crippen MR) is 88.4 cm³/mol. The van der Waals surface area contributed by atoms with Crippen molar-refractivity contribution in [1.29, 1.82) is 0 Å². The molecule has 4 N–H and O–H groups in total. The van der Waals surface area contributed by atoms with Gasteiger partial charge in [-0.2, -0.15) is 8.78 Å².